The van der Waals surface area contributed by atoms with Crippen LogP contribution in [0.4, 0.5) is 0 Å². The molecule has 17 heavy (non-hydrogen) atoms. The van der Waals surface area contributed by atoms with Crippen molar-refractivity contribution < 1.29 is 9.90 Å². The van der Waals surface area contributed by atoms with Crippen LogP contribution in [0.5, 0.6) is 0 Å². The quantitative estimate of drug-likeness (QED) is 0.807. The highest BCUT2D eigenvalue weighted by Crippen LogP contribution is 2.17. The smallest absolute Gasteiger partial charge is 0.224 e. The highest BCUT2D eigenvalue weighted by molar-refractivity contribution is 5.77. The summed E-state index contributed by atoms with van der Waals surface area (Å²) in [7, 11) is 0. The molecule has 0 saturated carbocycles. The number of nitrogens with zero attached hydrogens (tertiary/aromatic N) is 1. The van der Waals surface area contributed by atoms with E-state index in [0.29, 0.717) is 25.9 Å². The van der Waals surface area contributed by atoms with E-state index in [1.165, 1.54) is 0 Å². The molecule has 92 valence electrons. The van der Waals surface area contributed by atoms with Crippen molar-refractivity contribution in [2.45, 2.75) is 25.0 Å². The van der Waals surface area contributed by atoms with Crippen molar-refractivity contribution in [3.8, 4) is 0 Å². The van der Waals surface area contributed by atoms with Crippen LogP contribution in [0.1, 0.15) is 24.4 Å². The average molecular weight is 234 g/mol. The van der Waals surface area contributed by atoms with Crippen LogP contribution in [0.2, 0.25) is 0 Å². The van der Waals surface area contributed by atoms with Crippen LogP contribution in [0.3, 0.4) is 0 Å². The fraction of sp³-hybridized carbons (Fsp3) is 0.462. The van der Waals surface area contributed by atoms with Gasteiger partial charge in [-0.15, -0.1) is 0 Å². The van der Waals surface area contributed by atoms with E-state index in [0.717, 1.165) is 5.56 Å². The summed E-state index contributed by atoms with van der Waals surface area (Å²) in [6.45, 7) is 1.09. The molecule has 0 bridgehead atoms. The van der Waals surface area contributed by atoms with Gasteiger partial charge in [0.15, 0.2) is 0 Å². The number of amides is 1. The van der Waals surface area contributed by atoms with Crippen LogP contribution in [0.15, 0.2) is 30.3 Å². The summed E-state index contributed by atoms with van der Waals surface area (Å²) in [5, 5.41) is 9.37. The van der Waals surface area contributed by atoms with Gasteiger partial charge in [0.25, 0.3) is 0 Å². The van der Waals surface area contributed by atoms with Crippen molar-refractivity contribution in [2.24, 2.45) is 5.73 Å². The van der Waals surface area contributed by atoms with Gasteiger partial charge in [-0.1, -0.05) is 30.3 Å². The number of benzene rings is 1. The molecule has 1 heterocycles. The number of nitrogens with two attached hydrogens (primary N) is 1. The number of rotatable bonds is 3. The highest BCUT2D eigenvalue weighted by atomic mass is 16.3. The van der Waals surface area contributed by atoms with Gasteiger partial charge >= 0.3 is 0 Å². The molecule has 0 spiro atoms. The van der Waals surface area contributed by atoms with Gasteiger partial charge in [-0.25, -0.2) is 0 Å². The zero-order chi connectivity index (χ0) is 12.3. The lowest BCUT2D eigenvalue weighted by molar-refractivity contribution is -0.130. The third-order valence-electron chi connectivity index (χ3n) is 3.14. The first-order valence-corrected chi connectivity index (χ1v) is 5.93. The summed E-state index contributed by atoms with van der Waals surface area (Å²) in [6.07, 6.45) is 0.607. The maximum atomic E-state index is 11.9. The number of hydrogen-bond donors (Lipinski definition) is 2. The normalized spacial score (nSPS) is 21.5. The average Bonchev–Trinajstić information content (AvgIpc) is 2.77. The highest BCUT2D eigenvalue weighted by Gasteiger charge is 2.25. The molecule has 0 aliphatic carbocycles. The maximum Gasteiger partial charge on any atom is 0.224 e. The molecule has 1 amide bonds. The van der Waals surface area contributed by atoms with Crippen molar-refractivity contribution in [1.82, 2.24) is 4.90 Å². The Hall–Kier alpha value is -1.39. The fourth-order valence-electron chi connectivity index (χ4n) is 2.10. The van der Waals surface area contributed by atoms with E-state index in [2.05, 4.69) is 0 Å². The van der Waals surface area contributed by atoms with Crippen molar-refractivity contribution in [1.29, 1.82) is 0 Å². The third-order valence-corrected chi connectivity index (χ3v) is 3.14. The Morgan fingerprint density at radius 1 is 1.47 bits per heavy atom. The summed E-state index contributed by atoms with van der Waals surface area (Å²) < 4.78 is 0. The Kier molecular flexibility index (Phi) is 3.76. The molecule has 4 heteroatoms. The van der Waals surface area contributed by atoms with Gasteiger partial charge in [0.05, 0.1) is 6.10 Å². The first kappa shape index (κ1) is 12.1. The molecule has 0 aromatic heterocycles. The molecule has 4 nitrogen and oxygen atoms in total. The van der Waals surface area contributed by atoms with E-state index in [-0.39, 0.29) is 18.1 Å². The summed E-state index contributed by atoms with van der Waals surface area (Å²) in [6, 6.07) is 9.35. The van der Waals surface area contributed by atoms with Gasteiger partial charge in [0.2, 0.25) is 5.91 Å². The monoisotopic (exact) mass is 234 g/mol. The summed E-state index contributed by atoms with van der Waals surface area (Å²) in [4.78, 5) is 13.6. The van der Waals surface area contributed by atoms with Crippen LogP contribution in [-0.4, -0.2) is 35.1 Å². The first-order valence-electron chi connectivity index (χ1n) is 5.93. The molecule has 1 aliphatic rings. The van der Waals surface area contributed by atoms with Gasteiger partial charge < -0.3 is 15.7 Å². The molecule has 1 fully saturated rings. The molecule has 1 aliphatic heterocycles. The number of β-amino-alcohol motifs (C(OH)–C–C–N with tert-alkyl or cyclic N) is 1. The Bertz CT molecular complexity index is 380. The number of hydrogen-bond acceptors (Lipinski definition) is 3. The maximum absolute atomic E-state index is 11.9. The predicted molar refractivity (Wildman–Crippen MR) is 65.2 cm³/mol. The Morgan fingerprint density at radius 3 is 2.76 bits per heavy atom. The van der Waals surface area contributed by atoms with E-state index in [1.807, 2.05) is 30.3 Å². The van der Waals surface area contributed by atoms with Crippen molar-refractivity contribution >= 4 is 5.91 Å². The number of aliphatic hydroxyl groups is 1. The van der Waals surface area contributed by atoms with Gasteiger partial charge in [0, 0.05) is 25.6 Å². The van der Waals surface area contributed by atoms with Crippen LogP contribution < -0.4 is 5.73 Å². The minimum atomic E-state index is -0.369. The molecule has 1 aromatic rings. The fourth-order valence-corrected chi connectivity index (χ4v) is 2.10. The lowest BCUT2D eigenvalue weighted by atomic mass is 10.0. The Labute approximate surface area is 101 Å². The lowest BCUT2D eigenvalue weighted by Crippen LogP contribution is -2.32. The van der Waals surface area contributed by atoms with E-state index in [9.17, 15) is 9.90 Å². The number of aliphatic hydroxyl groups excluding tert-OH is 1. The molecule has 1 aromatic carbocycles. The summed E-state index contributed by atoms with van der Waals surface area (Å²) in [5.74, 6) is 0.0258. The van der Waals surface area contributed by atoms with Crippen LogP contribution in [0, 0.1) is 0 Å². The molecule has 2 rings (SSSR count). The van der Waals surface area contributed by atoms with Crippen LogP contribution in [0.25, 0.3) is 0 Å². The zero-order valence-corrected chi connectivity index (χ0v) is 9.75. The summed E-state index contributed by atoms with van der Waals surface area (Å²) in [5.41, 5.74) is 6.96. The standard InChI is InChI=1S/C13H18N2O2/c14-12(10-4-2-1-3-5-10)8-13(17)15-7-6-11(16)9-15/h1-5,11-12,16H,6-9,14H2/t11-,12?/m1/s1. The molecular formula is C13H18N2O2. The van der Waals surface area contributed by atoms with Crippen molar-refractivity contribution in [3.05, 3.63) is 35.9 Å². The first-order chi connectivity index (χ1) is 8.16. The van der Waals surface area contributed by atoms with E-state index >= 15 is 0 Å². The molecule has 1 saturated heterocycles. The van der Waals surface area contributed by atoms with E-state index < -0.39 is 0 Å². The molecule has 0 radical (unpaired) electrons. The van der Waals surface area contributed by atoms with Gasteiger partial charge in [-0.05, 0) is 12.0 Å². The third kappa shape index (κ3) is 3.05. The Morgan fingerprint density at radius 2 is 2.18 bits per heavy atom. The Balaban J connectivity index is 1.91. The number of carbonyl (C=O) groups excluding carboxylic acids is 1. The van der Waals surface area contributed by atoms with Gasteiger partial charge in [-0.3, -0.25) is 4.79 Å². The minimum Gasteiger partial charge on any atom is -0.391 e. The van der Waals surface area contributed by atoms with Crippen molar-refractivity contribution in [3.63, 3.8) is 0 Å². The van der Waals surface area contributed by atoms with Gasteiger partial charge in [-0.2, -0.15) is 0 Å². The zero-order valence-electron chi connectivity index (χ0n) is 9.75. The summed E-state index contributed by atoms with van der Waals surface area (Å²) >= 11 is 0. The number of carbonyl (C=O) groups is 1. The second kappa shape index (κ2) is 5.29. The topological polar surface area (TPSA) is 66.6 Å². The van der Waals surface area contributed by atoms with E-state index in [1.54, 1.807) is 4.90 Å². The predicted octanol–water partition coefficient (Wildman–Crippen LogP) is 0.670. The number of likely N-dealkylation sites (tertiary alicyclic amines) is 1. The minimum absolute atomic E-state index is 0.0258. The van der Waals surface area contributed by atoms with Gasteiger partial charge in [0.1, 0.15) is 0 Å². The lowest BCUT2D eigenvalue weighted by Gasteiger charge is -2.18. The second-order valence-corrected chi connectivity index (χ2v) is 4.50. The van der Waals surface area contributed by atoms with Crippen LogP contribution >= 0.6 is 0 Å². The SMILES string of the molecule is NC(CC(=O)N1CC[C@@H](O)C1)c1ccccc1. The largest absolute Gasteiger partial charge is 0.391 e. The van der Waals surface area contributed by atoms with E-state index in [4.69, 9.17) is 5.73 Å². The molecule has 3 N–H and O–H groups in total. The second-order valence-electron chi connectivity index (χ2n) is 4.50. The van der Waals surface area contributed by atoms with Crippen molar-refractivity contribution in [2.75, 3.05) is 13.1 Å². The molecular weight excluding hydrogens is 216 g/mol. The molecule has 1 unspecified atom stereocenters. The molecule has 2 atom stereocenters. The van der Waals surface area contributed by atoms with Crippen LogP contribution in [-0.2, 0) is 4.79 Å².